The second kappa shape index (κ2) is 7.57. The number of hydrogen-bond acceptors (Lipinski definition) is 6. The average molecular weight is 441 g/mol. The average Bonchev–Trinajstić information content (AvgIpc) is 3.15. The highest BCUT2D eigenvalue weighted by molar-refractivity contribution is 8.15. The van der Waals surface area contributed by atoms with Gasteiger partial charge in [0.05, 0.1) is 31.2 Å². The molecule has 0 saturated carbocycles. The second-order valence-electron chi connectivity index (χ2n) is 6.70. The van der Waals surface area contributed by atoms with Crippen LogP contribution in [-0.4, -0.2) is 43.5 Å². The lowest BCUT2D eigenvalue weighted by Crippen LogP contribution is -2.28. The Balaban J connectivity index is 1.70. The maximum atomic E-state index is 14.4. The number of sulfone groups is 1. The van der Waals surface area contributed by atoms with Crippen molar-refractivity contribution < 1.29 is 17.5 Å². The molecule has 148 valence electrons. The molecule has 0 radical (unpaired) electrons. The molecular formula is C19H18ClFN2O3S2. The van der Waals surface area contributed by atoms with Crippen LogP contribution in [0.1, 0.15) is 5.56 Å². The number of aliphatic imine (C=N–C) groups is 1. The first-order valence-corrected chi connectivity index (χ1v) is 11.7. The van der Waals surface area contributed by atoms with Crippen LogP contribution in [0, 0.1) is 5.82 Å². The van der Waals surface area contributed by atoms with Crippen LogP contribution in [0.5, 0.6) is 5.75 Å². The largest absolute Gasteiger partial charge is 0.497 e. The number of halogens is 2. The number of hydrogen-bond donors (Lipinski definition) is 0. The molecule has 0 aliphatic carbocycles. The molecular weight excluding hydrogens is 423 g/mol. The van der Waals surface area contributed by atoms with Gasteiger partial charge in [-0.05, 0) is 36.4 Å². The molecule has 2 aliphatic heterocycles. The van der Waals surface area contributed by atoms with Crippen molar-refractivity contribution in [3.05, 3.63) is 58.9 Å². The molecule has 2 aromatic rings. The second-order valence-corrected chi connectivity index (χ2v) is 10.5. The number of methoxy groups -OCH3 is 1. The summed E-state index contributed by atoms with van der Waals surface area (Å²) >= 11 is 7.66. The third kappa shape index (κ3) is 3.86. The van der Waals surface area contributed by atoms with Gasteiger partial charge in [-0.25, -0.2) is 12.8 Å². The molecule has 2 aliphatic rings. The summed E-state index contributed by atoms with van der Waals surface area (Å²) in [5.41, 5.74) is 1.17. The van der Waals surface area contributed by atoms with E-state index in [1.54, 1.807) is 19.2 Å². The zero-order chi connectivity index (χ0) is 19.9. The number of anilines is 1. The van der Waals surface area contributed by atoms with E-state index in [-0.39, 0.29) is 29.3 Å². The standard InChI is InChI=1S/C19H18ClFN2O3S2/c1-26-13-7-5-12(6-8-13)23(9-14-15(20)3-2-4-16(14)21)19-22-17-10-28(24,25)11-18(17)27-19/h2-8,17-18H,9-11H2,1H3/t17-,18+/m1/s1. The predicted molar refractivity (Wildman–Crippen MR) is 112 cm³/mol. The van der Waals surface area contributed by atoms with E-state index in [1.807, 2.05) is 29.2 Å². The zero-order valence-electron chi connectivity index (χ0n) is 15.0. The molecule has 0 aromatic heterocycles. The summed E-state index contributed by atoms with van der Waals surface area (Å²) in [6, 6.07) is 11.7. The summed E-state index contributed by atoms with van der Waals surface area (Å²) in [4.78, 5) is 6.52. The molecule has 0 bridgehead atoms. The number of thioether (sulfide) groups is 1. The number of benzene rings is 2. The molecule has 0 spiro atoms. The lowest BCUT2D eigenvalue weighted by atomic mass is 10.2. The first kappa shape index (κ1) is 19.5. The van der Waals surface area contributed by atoms with E-state index in [2.05, 4.69) is 4.99 Å². The van der Waals surface area contributed by atoms with Gasteiger partial charge in [-0.15, -0.1) is 0 Å². The summed E-state index contributed by atoms with van der Waals surface area (Å²) in [7, 11) is -1.46. The fourth-order valence-corrected chi connectivity index (χ4v) is 7.35. The van der Waals surface area contributed by atoms with Gasteiger partial charge >= 0.3 is 0 Å². The molecule has 2 aromatic carbocycles. The fourth-order valence-electron chi connectivity index (χ4n) is 3.34. The highest BCUT2D eigenvalue weighted by Gasteiger charge is 2.44. The first-order chi connectivity index (χ1) is 13.4. The van der Waals surface area contributed by atoms with Crippen LogP contribution in [0.15, 0.2) is 47.5 Å². The summed E-state index contributed by atoms with van der Waals surface area (Å²) in [5.74, 6) is 0.492. The molecule has 28 heavy (non-hydrogen) atoms. The Morgan fingerprint density at radius 2 is 2.00 bits per heavy atom. The van der Waals surface area contributed by atoms with Crippen LogP contribution < -0.4 is 9.64 Å². The van der Waals surface area contributed by atoms with E-state index >= 15 is 0 Å². The van der Waals surface area contributed by atoms with E-state index < -0.39 is 15.7 Å². The van der Waals surface area contributed by atoms with Crippen LogP contribution in [0.25, 0.3) is 0 Å². The first-order valence-electron chi connectivity index (χ1n) is 8.65. The molecule has 1 saturated heterocycles. The van der Waals surface area contributed by atoms with E-state index in [0.29, 0.717) is 21.5 Å². The van der Waals surface area contributed by atoms with Crippen molar-refractivity contribution >= 4 is 44.1 Å². The van der Waals surface area contributed by atoms with Gasteiger partial charge in [0.2, 0.25) is 0 Å². The van der Waals surface area contributed by atoms with Gasteiger partial charge in [0.15, 0.2) is 15.0 Å². The topological polar surface area (TPSA) is 59.0 Å². The van der Waals surface area contributed by atoms with E-state index in [0.717, 1.165) is 5.69 Å². The summed E-state index contributed by atoms with van der Waals surface area (Å²) in [6.45, 7) is 0.190. The SMILES string of the molecule is COc1ccc(N(Cc2c(F)cccc2Cl)C2=N[C@@H]3CS(=O)(=O)C[C@@H]3S2)cc1. The number of ether oxygens (including phenoxy) is 1. The van der Waals surface area contributed by atoms with Crippen molar-refractivity contribution in [2.75, 3.05) is 23.5 Å². The summed E-state index contributed by atoms with van der Waals surface area (Å²) < 4.78 is 43.3. The lowest BCUT2D eigenvalue weighted by molar-refractivity contribution is 0.415. The Labute approximate surface area is 172 Å². The number of amidine groups is 1. The van der Waals surface area contributed by atoms with Crippen molar-refractivity contribution in [1.29, 1.82) is 0 Å². The van der Waals surface area contributed by atoms with Crippen molar-refractivity contribution in [1.82, 2.24) is 0 Å². The highest BCUT2D eigenvalue weighted by atomic mass is 35.5. The number of rotatable bonds is 4. The maximum absolute atomic E-state index is 14.4. The van der Waals surface area contributed by atoms with Crippen LogP contribution in [0.4, 0.5) is 10.1 Å². The molecule has 2 heterocycles. The van der Waals surface area contributed by atoms with Crippen molar-refractivity contribution in [2.45, 2.75) is 17.8 Å². The third-order valence-corrected chi connectivity index (χ3v) is 8.40. The van der Waals surface area contributed by atoms with Crippen LogP contribution >= 0.6 is 23.4 Å². The molecule has 9 heteroatoms. The van der Waals surface area contributed by atoms with Crippen LogP contribution in [0.3, 0.4) is 0 Å². The summed E-state index contributed by atoms with van der Waals surface area (Å²) in [6.07, 6.45) is 0. The van der Waals surface area contributed by atoms with Crippen molar-refractivity contribution in [3.8, 4) is 5.75 Å². The number of nitrogens with zero attached hydrogens (tertiary/aromatic N) is 2. The van der Waals surface area contributed by atoms with Gasteiger partial charge in [0.25, 0.3) is 0 Å². The van der Waals surface area contributed by atoms with Gasteiger partial charge in [0.1, 0.15) is 11.6 Å². The summed E-state index contributed by atoms with van der Waals surface area (Å²) in [5, 5.41) is 0.913. The Bertz CT molecular complexity index is 1010. The molecule has 2 atom stereocenters. The fraction of sp³-hybridized carbons (Fsp3) is 0.316. The van der Waals surface area contributed by atoms with E-state index in [4.69, 9.17) is 16.3 Å². The molecule has 0 amide bonds. The third-order valence-electron chi connectivity index (χ3n) is 4.80. The lowest BCUT2D eigenvalue weighted by Gasteiger charge is -2.25. The van der Waals surface area contributed by atoms with Crippen molar-refractivity contribution in [2.24, 2.45) is 4.99 Å². The van der Waals surface area contributed by atoms with Gasteiger partial charge < -0.3 is 9.64 Å². The van der Waals surface area contributed by atoms with Gasteiger partial charge in [-0.2, -0.15) is 0 Å². The minimum absolute atomic E-state index is 0.0606. The normalized spacial score (nSPS) is 22.6. The van der Waals surface area contributed by atoms with Crippen molar-refractivity contribution in [3.63, 3.8) is 0 Å². The Morgan fingerprint density at radius 3 is 2.64 bits per heavy atom. The quantitative estimate of drug-likeness (QED) is 0.724. The minimum atomic E-state index is -3.04. The monoisotopic (exact) mass is 440 g/mol. The maximum Gasteiger partial charge on any atom is 0.164 e. The Kier molecular flexibility index (Phi) is 5.28. The molecule has 5 nitrogen and oxygen atoms in total. The van der Waals surface area contributed by atoms with Gasteiger partial charge in [-0.1, -0.05) is 29.4 Å². The molecule has 4 rings (SSSR count). The Hall–Kier alpha value is -1.77. The van der Waals surface area contributed by atoms with Crippen LogP contribution in [-0.2, 0) is 16.4 Å². The van der Waals surface area contributed by atoms with E-state index in [1.165, 1.54) is 17.8 Å². The molecule has 0 unspecified atom stereocenters. The predicted octanol–water partition coefficient (Wildman–Crippen LogP) is 3.76. The van der Waals surface area contributed by atoms with Gasteiger partial charge in [0, 0.05) is 21.5 Å². The minimum Gasteiger partial charge on any atom is -0.497 e. The van der Waals surface area contributed by atoms with E-state index in [9.17, 15) is 12.8 Å². The molecule has 0 N–H and O–H groups in total. The smallest absolute Gasteiger partial charge is 0.164 e. The Morgan fingerprint density at radius 1 is 1.25 bits per heavy atom. The van der Waals surface area contributed by atoms with Gasteiger partial charge in [-0.3, -0.25) is 4.99 Å². The molecule has 1 fully saturated rings. The zero-order valence-corrected chi connectivity index (χ0v) is 17.4. The van der Waals surface area contributed by atoms with Crippen LogP contribution in [0.2, 0.25) is 5.02 Å². The highest BCUT2D eigenvalue weighted by Crippen LogP contribution is 2.38. The number of fused-ring (bicyclic) bond motifs is 1.